The summed E-state index contributed by atoms with van der Waals surface area (Å²) >= 11 is 0. The Morgan fingerprint density at radius 2 is 0.508 bits per heavy atom. The summed E-state index contributed by atoms with van der Waals surface area (Å²) in [6, 6.07) is 59.4. The minimum Gasteiger partial charge on any atom is -0.251 e. The molecule has 10 aromatic rings. The van der Waals surface area contributed by atoms with Crippen LogP contribution in [0.15, 0.2) is 170 Å². The second-order valence-electron chi connectivity index (χ2n) is 14.8. The lowest BCUT2D eigenvalue weighted by Gasteiger charge is -2.13. The maximum absolute atomic E-state index is 4.90. The van der Waals surface area contributed by atoms with E-state index in [2.05, 4.69) is 182 Å². The van der Waals surface area contributed by atoms with Crippen LogP contribution < -0.4 is 0 Å². The highest BCUT2D eigenvalue weighted by Gasteiger charge is 2.16. The molecule has 59 heavy (non-hydrogen) atoms. The summed E-state index contributed by atoms with van der Waals surface area (Å²) < 4.78 is 0. The molecule has 0 fully saturated rings. The van der Waals surface area contributed by atoms with Gasteiger partial charge in [-0.05, 0) is 96.5 Å². The molecule has 6 aromatic carbocycles. The highest BCUT2D eigenvalue weighted by Crippen LogP contribution is 2.38. The van der Waals surface area contributed by atoms with E-state index < -0.39 is 0 Å². The van der Waals surface area contributed by atoms with Crippen LogP contribution in [0.5, 0.6) is 0 Å². The third-order valence-electron chi connectivity index (χ3n) is 10.4. The third kappa shape index (κ3) is 8.26. The molecular weight excluding hydrogens is 734 g/mol. The lowest BCUT2D eigenvalue weighted by Crippen LogP contribution is -1.94. The van der Waals surface area contributed by atoms with E-state index in [4.69, 9.17) is 19.9 Å². The van der Waals surface area contributed by atoms with Gasteiger partial charge in [0.2, 0.25) is 0 Å². The number of nitrogens with zero attached hydrogens (tertiary/aromatic N) is 4. The van der Waals surface area contributed by atoms with E-state index in [1.807, 2.05) is 38.1 Å². The van der Waals surface area contributed by atoms with Crippen LogP contribution in [0, 0.1) is 27.7 Å². The molecule has 0 spiro atoms. The van der Waals surface area contributed by atoms with Crippen LogP contribution in [-0.4, -0.2) is 26.9 Å². The van der Waals surface area contributed by atoms with Gasteiger partial charge in [-0.15, -0.1) is 0 Å². The fourth-order valence-electron chi connectivity index (χ4n) is 7.89. The van der Waals surface area contributed by atoms with Gasteiger partial charge < -0.3 is 0 Å². The molecule has 4 aromatic heterocycles. The zero-order valence-electron chi connectivity index (χ0n) is 34.1. The number of fused-ring (bicyclic) bond motifs is 6. The molecule has 0 saturated heterocycles. The van der Waals surface area contributed by atoms with Crippen molar-refractivity contribution in [3.63, 3.8) is 0 Å². The molecule has 285 valence electrons. The molecule has 0 aliphatic rings. The van der Waals surface area contributed by atoms with Crippen molar-refractivity contribution in [2.24, 2.45) is 0 Å². The van der Waals surface area contributed by atoms with Gasteiger partial charge in [0.15, 0.2) is 0 Å². The van der Waals surface area contributed by atoms with Crippen LogP contribution in [0.25, 0.3) is 88.1 Å². The molecule has 1 atom stereocenters. The largest absolute Gasteiger partial charge is 0.251 e. The maximum Gasteiger partial charge on any atom is 0.134 e. The quantitative estimate of drug-likeness (QED) is 0.101. The molecule has 0 bridgehead atoms. The Morgan fingerprint density at radius 3 is 0.695 bits per heavy atom. The lowest BCUT2D eigenvalue weighted by atomic mass is 9.95. The number of pyridine rings is 4. The van der Waals surface area contributed by atoms with Crippen LogP contribution in [-0.2, 0) is 0 Å². The minimum absolute atomic E-state index is 0.970. The van der Waals surface area contributed by atoms with Crippen molar-refractivity contribution in [1.82, 2.24) is 19.9 Å². The van der Waals surface area contributed by atoms with Gasteiger partial charge in [-0.1, -0.05) is 152 Å². The monoisotopic (exact) mass is 779 g/mol. The summed E-state index contributed by atoms with van der Waals surface area (Å²) in [5.74, 6) is 0. The zero-order valence-corrected chi connectivity index (χ0v) is 35.3. The summed E-state index contributed by atoms with van der Waals surface area (Å²) in [5, 5.41) is 4.56. The second-order valence-corrected chi connectivity index (χ2v) is 15.4. The average Bonchev–Trinajstić information content (AvgIpc) is 3.27. The van der Waals surface area contributed by atoms with E-state index >= 15 is 0 Å². The van der Waals surface area contributed by atoms with Gasteiger partial charge in [0.1, 0.15) is 7.00 Å². The predicted octanol–water partition coefficient (Wildman–Crippen LogP) is 14.0. The average molecular weight is 780 g/mol. The molecule has 4 heterocycles. The first-order chi connectivity index (χ1) is 28.8. The molecule has 10 rings (SSSR count). The number of rotatable bonds is 4. The van der Waals surface area contributed by atoms with Gasteiger partial charge in [0.05, 0.1) is 22.1 Å². The molecule has 0 amide bonds. The first-order valence-corrected chi connectivity index (χ1v) is 20.6. The Bertz CT molecular complexity index is 2650. The molecule has 0 N–H and O–H groups in total. The standard InChI is InChI=1S/2C26H20N2.CH5BP/c2*1-17-15-23(19-9-5-3-6-10-19)21-13-14-22-24(20-11-7-4-8-12-20)16-18(2)28-26(22)25(21)27-17;1-2-3/h2*3-16H,1-2H3;3H2,1H3. The van der Waals surface area contributed by atoms with Gasteiger partial charge in [-0.3, -0.25) is 19.9 Å². The lowest BCUT2D eigenvalue weighted by molar-refractivity contribution is 1.23. The van der Waals surface area contributed by atoms with Crippen LogP contribution in [0.3, 0.4) is 0 Å². The van der Waals surface area contributed by atoms with E-state index in [0.29, 0.717) is 0 Å². The van der Waals surface area contributed by atoms with Crippen molar-refractivity contribution in [3.8, 4) is 44.5 Å². The van der Waals surface area contributed by atoms with Crippen molar-refractivity contribution >= 4 is 59.7 Å². The van der Waals surface area contributed by atoms with Gasteiger partial charge >= 0.3 is 0 Å². The molecule has 0 aliphatic heterocycles. The molecule has 6 heteroatoms. The number of hydrogen-bond acceptors (Lipinski definition) is 4. The number of aromatic nitrogens is 4. The number of hydrogen-bond donors (Lipinski definition) is 0. The molecular formula is C53H45BN4P. The van der Waals surface area contributed by atoms with Crippen LogP contribution in [0.4, 0.5) is 0 Å². The Kier molecular flexibility index (Phi) is 11.7. The molecule has 0 saturated carbocycles. The fraction of sp³-hybridized carbons (Fsp3) is 0.0943. The smallest absolute Gasteiger partial charge is 0.134 e. The van der Waals surface area contributed by atoms with Crippen molar-refractivity contribution in [2.75, 3.05) is 0 Å². The number of aryl methyl sites for hydroxylation is 4. The molecule has 1 radical (unpaired) electrons. The van der Waals surface area contributed by atoms with Crippen molar-refractivity contribution in [2.45, 2.75) is 34.5 Å². The van der Waals surface area contributed by atoms with Crippen molar-refractivity contribution in [3.05, 3.63) is 193 Å². The Labute approximate surface area is 349 Å². The summed E-state index contributed by atoms with van der Waals surface area (Å²) in [4.78, 5) is 19.6. The van der Waals surface area contributed by atoms with Gasteiger partial charge in [-0.2, -0.15) is 9.12 Å². The van der Waals surface area contributed by atoms with Crippen LogP contribution in [0.2, 0.25) is 6.82 Å². The molecule has 1 unspecified atom stereocenters. The van der Waals surface area contributed by atoms with E-state index in [9.17, 15) is 0 Å². The Balaban J connectivity index is 0.000000154. The summed E-state index contributed by atoms with van der Waals surface area (Å²) in [7, 11) is 2.45. The number of benzene rings is 6. The van der Waals surface area contributed by atoms with Gasteiger partial charge in [0, 0.05) is 44.3 Å². The summed E-state index contributed by atoms with van der Waals surface area (Å²) in [6.45, 7) is 12.1. The minimum atomic E-state index is 0.970. The van der Waals surface area contributed by atoms with Crippen molar-refractivity contribution in [1.29, 1.82) is 0 Å². The van der Waals surface area contributed by atoms with E-state index in [0.717, 1.165) is 66.4 Å². The summed E-state index contributed by atoms with van der Waals surface area (Å²) in [6.07, 6.45) is 0. The maximum atomic E-state index is 4.90. The highest BCUT2D eigenvalue weighted by atomic mass is 31.0. The van der Waals surface area contributed by atoms with E-state index in [-0.39, 0.29) is 0 Å². The first kappa shape index (κ1) is 39.3. The molecule has 0 aliphatic carbocycles. The van der Waals surface area contributed by atoms with E-state index in [1.54, 1.807) is 0 Å². The Hall–Kier alpha value is -6.55. The predicted molar refractivity (Wildman–Crippen MR) is 256 cm³/mol. The Morgan fingerprint density at radius 1 is 0.322 bits per heavy atom. The normalized spacial score (nSPS) is 10.9. The molecule has 4 nitrogen and oxygen atoms in total. The summed E-state index contributed by atoms with van der Waals surface area (Å²) in [5.41, 5.74) is 17.5. The zero-order chi connectivity index (χ0) is 40.9. The van der Waals surface area contributed by atoms with Crippen molar-refractivity contribution < 1.29 is 0 Å². The SMILES string of the molecule is C[B]P.Cc1cc(-c2ccccc2)c2ccc3c(-c4ccccc4)cc(C)nc3c2n1.Cc1cc(-c2ccccc2)c2ccc3c(-c4ccccc4)cc(C)nc3c2n1. The van der Waals surface area contributed by atoms with Crippen LogP contribution in [0.1, 0.15) is 22.8 Å². The fourth-order valence-corrected chi connectivity index (χ4v) is 7.89. The van der Waals surface area contributed by atoms with Gasteiger partial charge in [0.25, 0.3) is 0 Å². The third-order valence-corrected chi connectivity index (χ3v) is 10.4. The second kappa shape index (κ2) is 17.5. The van der Waals surface area contributed by atoms with Gasteiger partial charge in [-0.25, -0.2) is 0 Å². The first-order valence-electron chi connectivity index (χ1n) is 20.0. The highest BCUT2D eigenvalue weighted by molar-refractivity contribution is 7.55. The van der Waals surface area contributed by atoms with Crippen LogP contribution >= 0.6 is 9.12 Å². The van der Waals surface area contributed by atoms with E-state index in [1.165, 1.54) is 44.5 Å². The topological polar surface area (TPSA) is 51.6 Å².